The molecule has 0 radical (unpaired) electrons. The van der Waals surface area contributed by atoms with Gasteiger partial charge in [-0.2, -0.15) is 10.2 Å². The molecule has 0 saturated carbocycles. The molecule has 9 nitrogen and oxygen atoms in total. The smallest absolute Gasteiger partial charge is 0.255 e. The number of nitrogens with zero attached hydrogens (tertiary/aromatic N) is 5. The highest BCUT2D eigenvalue weighted by Crippen LogP contribution is 2.20. The Bertz CT molecular complexity index is 1610. The molecule has 0 fully saturated rings. The summed E-state index contributed by atoms with van der Waals surface area (Å²) in [6.45, 7) is 3.10. The van der Waals surface area contributed by atoms with Gasteiger partial charge in [0.15, 0.2) is 0 Å². The molecule has 0 aliphatic rings. The number of carbonyl (C=O) groups is 1. The average Bonchev–Trinajstić information content (AvgIpc) is 3.50. The predicted molar refractivity (Wildman–Crippen MR) is 142 cm³/mol. The number of ether oxygens (including phenoxy) is 1. The van der Waals surface area contributed by atoms with Gasteiger partial charge in [-0.15, -0.1) is 0 Å². The van der Waals surface area contributed by atoms with Crippen molar-refractivity contribution in [2.45, 2.75) is 33.2 Å². The minimum atomic E-state index is -0.340. The van der Waals surface area contributed by atoms with Crippen molar-refractivity contribution in [2.75, 3.05) is 12.8 Å². The van der Waals surface area contributed by atoms with Gasteiger partial charge < -0.3 is 15.8 Å². The van der Waals surface area contributed by atoms with Crippen LogP contribution in [0.3, 0.4) is 0 Å². The van der Waals surface area contributed by atoms with Gasteiger partial charge in [0.1, 0.15) is 17.3 Å². The summed E-state index contributed by atoms with van der Waals surface area (Å²) in [6, 6.07) is 12.8. The maximum absolute atomic E-state index is 14.9. The van der Waals surface area contributed by atoms with Gasteiger partial charge in [-0.25, -0.2) is 9.37 Å². The van der Waals surface area contributed by atoms with Crippen LogP contribution in [-0.2, 0) is 31.0 Å². The molecule has 3 aromatic heterocycles. The van der Waals surface area contributed by atoms with Crippen molar-refractivity contribution < 1.29 is 13.9 Å². The summed E-state index contributed by atoms with van der Waals surface area (Å²) < 4.78 is 23.5. The van der Waals surface area contributed by atoms with Crippen molar-refractivity contribution in [1.29, 1.82) is 0 Å². The molecule has 0 atom stereocenters. The zero-order valence-corrected chi connectivity index (χ0v) is 21.2. The molecule has 0 saturated heterocycles. The molecule has 3 N–H and O–H groups in total. The first-order valence-electron chi connectivity index (χ1n) is 12.1. The molecule has 0 bridgehead atoms. The second-order valence-electron chi connectivity index (χ2n) is 9.20. The van der Waals surface area contributed by atoms with Crippen LogP contribution >= 0.6 is 0 Å². The highest BCUT2D eigenvalue weighted by atomic mass is 19.1. The minimum Gasteiger partial charge on any atom is -0.383 e. The van der Waals surface area contributed by atoms with E-state index in [2.05, 4.69) is 20.5 Å². The van der Waals surface area contributed by atoms with Gasteiger partial charge in [0.25, 0.3) is 5.91 Å². The largest absolute Gasteiger partial charge is 0.383 e. The van der Waals surface area contributed by atoms with E-state index in [0.29, 0.717) is 35.7 Å². The van der Waals surface area contributed by atoms with Crippen molar-refractivity contribution in [2.24, 2.45) is 0 Å². The van der Waals surface area contributed by atoms with Gasteiger partial charge in [0.05, 0.1) is 31.5 Å². The molecule has 2 aromatic carbocycles. The van der Waals surface area contributed by atoms with Crippen molar-refractivity contribution in [3.8, 4) is 0 Å². The van der Waals surface area contributed by atoms with Crippen LogP contribution in [0, 0.1) is 12.7 Å². The SMILES string of the molecule is COCc1nn(Cc2ccc(Cn3cc(C)cn3)cc2F)cc1C(=O)NCc1ccc2c(N)nccc2c1. The van der Waals surface area contributed by atoms with Crippen LogP contribution in [0.1, 0.15) is 38.3 Å². The number of halogens is 1. The number of fused-ring (bicyclic) bond motifs is 1. The van der Waals surface area contributed by atoms with Crippen LogP contribution < -0.4 is 11.1 Å². The highest BCUT2D eigenvalue weighted by Gasteiger charge is 2.17. The van der Waals surface area contributed by atoms with E-state index in [1.807, 2.05) is 43.5 Å². The number of anilines is 1. The lowest BCUT2D eigenvalue weighted by atomic mass is 10.1. The first-order chi connectivity index (χ1) is 18.4. The third-order valence-corrected chi connectivity index (χ3v) is 6.23. The standard InChI is InChI=1S/C28H28FN7O2/c1-18-11-33-35(13-18)14-20-3-5-22(25(29)10-20)15-36-16-24(26(34-36)17-38-2)28(37)32-12-19-4-6-23-21(9-19)7-8-31-27(23)30/h3-11,13,16H,12,14-15,17H2,1-2H3,(H2,30,31)(H,32,37). The van der Waals surface area contributed by atoms with Gasteiger partial charge in [0, 0.05) is 43.2 Å². The molecule has 5 rings (SSSR count). The number of carbonyl (C=O) groups excluding carboxylic acids is 1. The molecule has 0 unspecified atom stereocenters. The fourth-order valence-corrected chi connectivity index (χ4v) is 4.35. The normalized spacial score (nSPS) is 11.2. The number of hydrogen-bond donors (Lipinski definition) is 2. The lowest BCUT2D eigenvalue weighted by Gasteiger charge is -2.08. The molecule has 0 aliphatic carbocycles. The quantitative estimate of drug-likeness (QED) is 0.310. The molecule has 0 aliphatic heterocycles. The topological polar surface area (TPSA) is 113 Å². The van der Waals surface area contributed by atoms with Crippen LogP contribution in [-0.4, -0.2) is 37.6 Å². The van der Waals surface area contributed by atoms with Crippen LogP contribution in [0.4, 0.5) is 10.2 Å². The van der Waals surface area contributed by atoms with E-state index < -0.39 is 0 Å². The Morgan fingerprint density at radius 1 is 1.08 bits per heavy atom. The third kappa shape index (κ3) is 5.55. The second kappa shape index (κ2) is 10.8. The lowest BCUT2D eigenvalue weighted by Crippen LogP contribution is -2.23. The summed E-state index contributed by atoms with van der Waals surface area (Å²) in [5.74, 6) is -0.162. The molecule has 0 spiro atoms. The maximum Gasteiger partial charge on any atom is 0.255 e. The minimum absolute atomic E-state index is 0.155. The lowest BCUT2D eigenvalue weighted by molar-refractivity contribution is 0.0946. The fraction of sp³-hybridized carbons (Fsp3) is 0.214. The number of aryl methyl sites for hydroxylation is 1. The Balaban J connectivity index is 1.28. The fourth-order valence-electron chi connectivity index (χ4n) is 4.35. The van der Waals surface area contributed by atoms with Crippen LogP contribution in [0.25, 0.3) is 10.8 Å². The number of rotatable bonds is 9. The Morgan fingerprint density at radius 2 is 1.92 bits per heavy atom. The number of amides is 1. The molecule has 5 aromatic rings. The number of pyridine rings is 1. The predicted octanol–water partition coefficient (Wildman–Crippen LogP) is 3.83. The number of benzene rings is 2. The molecular weight excluding hydrogens is 485 g/mol. The van der Waals surface area contributed by atoms with Gasteiger partial charge in [-0.05, 0) is 47.2 Å². The molecule has 194 valence electrons. The first kappa shape index (κ1) is 25.1. The Labute approximate surface area is 219 Å². The Morgan fingerprint density at radius 3 is 2.68 bits per heavy atom. The summed E-state index contributed by atoms with van der Waals surface area (Å²) in [5, 5.41) is 13.5. The van der Waals surface area contributed by atoms with E-state index in [4.69, 9.17) is 10.5 Å². The summed E-state index contributed by atoms with van der Waals surface area (Å²) in [6.07, 6.45) is 6.95. The highest BCUT2D eigenvalue weighted by molar-refractivity contribution is 5.95. The second-order valence-corrected chi connectivity index (χ2v) is 9.20. The number of aromatic nitrogens is 5. The molecular formula is C28H28FN7O2. The number of methoxy groups -OCH3 is 1. The van der Waals surface area contributed by atoms with E-state index in [9.17, 15) is 9.18 Å². The monoisotopic (exact) mass is 513 g/mol. The molecule has 1 amide bonds. The Kier molecular flexibility index (Phi) is 7.14. The average molecular weight is 514 g/mol. The van der Waals surface area contributed by atoms with Gasteiger partial charge in [-0.1, -0.05) is 24.3 Å². The van der Waals surface area contributed by atoms with E-state index >= 15 is 0 Å². The summed E-state index contributed by atoms with van der Waals surface area (Å²) in [5.41, 5.74) is 10.0. The number of nitrogen functional groups attached to an aromatic ring is 1. The summed E-state index contributed by atoms with van der Waals surface area (Å²) in [4.78, 5) is 17.1. The van der Waals surface area contributed by atoms with Gasteiger partial charge >= 0.3 is 0 Å². The van der Waals surface area contributed by atoms with Crippen molar-refractivity contribution in [3.05, 3.63) is 107 Å². The van der Waals surface area contributed by atoms with Crippen LogP contribution in [0.15, 0.2) is 67.3 Å². The zero-order chi connectivity index (χ0) is 26.6. The molecule has 3 heterocycles. The van der Waals surface area contributed by atoms with E-state index in [1.165, 1.54) is 13.2 Å². The maximum atomic E-state index is 14.9. The number of hydrogen-bond acceptors (Lipinski definition) is 6. The number of nitrogens with one attached hydrogen (secondary N) is 1. The van der Waals surface area contributed by atoms with E-state index in [-0.39, 0.29) is 24.9 Å². The van der Waals surface area contributed by atoms with Crippen LogP contribution in [0.2, 0.25) is 0 Å². The first-order valence-corrected chi connectivity index (χ1v) is 12.1. The third-order valence-electron chi connectivity index (χ3n) is 6.23. The van der Waals surface area contributed by atoms with Crippen molar-refractivity contribution >= 4 is 22.5 Å². The van der Waals surface area contributed by atoms with Gasteiger partial charge in [0.2, 0.25) is 0 Å². The van der Waals surface area contributed by atoms with Crippen molar-refractivity contribution in [3.63, 3.8) is 0 Å². The number of nitrogens with two attached hydrogens (primary N) is 1. The summed E-state index contributed by atoms with van der Waals surface area (Å²) in [7, 11) is 1.54. The molecule has 10 heteroatoms. The van der Waals surface area contributed by atoms with E-state index in [0.717, 1.165) is 27.5 Å². The summed E-state index contributed by atoms with van der Waals surface area (Å²) >= 11 is 0. The van der Waals surface area contributed by atoms with E-state index in [1.54, 1.807) is 34.0 Å². The van der Waals surface area contributed by atoms with Crippen molar-refractivity contribution in [1.82, 2.24) is 29.9 Å². The van der Waals surface area contributed by atoms with Gasteiger partial charge in [-0.3, -0.25) is 14.2 Å². The zero-order valence-electron chi connectivity index (χ0n) is 21.2. The Hall–Kier alpha value is -4.57. The van der Waals surface area contributed by atoms with Crippen LogP contribution in [0.5, 0.6) is 0 Å². The molecule has 38 heavy (non-hydrogen) atoms.